The molecule has 7 atom stereocenters. The Morgan fingerprint density at radius 2 is 1.58 bits per heavy atom. The van der Waals surface area contributed by atoms with E-state index in [2.05, 4.69) is 36.4 Å². The lowest BCUT2D eigenvalue weighted by Crippen LogP contribution is -2.62. The van der Waals surface area contributed by atoms with Gasteiger partial charge in [0.2, 0.25) is 5.91 Å². The molecule has 0 aromatic carbocycles. The predicted molar refractivity (Wildman–Crippen MR) is 148 cm³/mol. The van der Waals surface area contributed by atoms with Crippen LogP contribution in [0, 0.1) is 52.3 Å². The van der Waals surface area contributed by atoms with Crippen molar-refractivity contribution in [1.82, 2.24) is 15.5 Å². The molecule has 4 nitrogen and oxygen atoms in total. The number of hydrogen-bond donors (Lipinski definition) is 2. The van der Waals surface area contributed by atoms with E-state index in [0.29, 0.717) is 28.3 Å². The molecule has 36 heavy (non-hydrogen) atoms. The fourth-order valence-electron chi connectivity index (χ4n) is 12.4. The van der Waals surface area contributed by atoms with Crippen molar-refractivity contribution in [2.75, 3.05) is 13.6 Å². The molecule has 8 rings (SSSR count). The number of hydrogen-bond acceptors (Lipinski definition) is 2. The van der Waals surface area contributed by atoms with Crippen molar-refractivity contribution in [3.63, 3.8) is 0 Å². The van der Waals surface area contributed by atoms with Crippen molar-refractivity contribution in [2.24, 2.45) is 52.3 Å². The molecule has 1 heterocycles. The lowest BCUT2D eigenvalue weighted by molar-refractivity contribution is -0.158. The number of rotatable bonds is 3. The molecule has 2 unspecified atom stereocenters. The van der Waals surface area contributed by atoms with E-state index in [1.807, 2.05) is 0 Å². The van der Waals surface area contributed by atoms with Crippen molar-refractivity contribution >= 4 is 23.2 Å². The van der Waals surface area contributed by atoms with Crippen molar-refractivity contribution in [3.8, 4) is 0 Å². The number of carbonyl (C=O) groups excluding carboxylic acids is 1. The molecular formula is C31H49N3OS. The van der Waals surface area contributed by atoms with Gasteiger partial charge < -0.3 is 15.5 Å². The van der Waals surface area contributed by atoms with E-state index in [1.54, 1.807) is 0 Å². The molecule has 0 radical (unpaired) electrons. The van der Waals surface area contributed by atoms with Gasteiger partial charge >= 0.3 is 0 Å². The summed E-state index contributed by atoms with van der Waals surface area (Å²) in [7, 11) is 2.08. The van der Waals surface area contributed by atoms with Crippen LogP contribution in [0.3, 0.4) is 0 Å². The smallest absolute Gasteiger partial charge is 0.222 e. The molecule has 8 aliphatic rings. The Labute approximate surface area is 224 Å². The number of likely N-dealkylation sites (tertiary alicyclic amines) is 1. The first kappa shape index (κ1) is 24.2. The largest absolute Gasteiger partial charge is 0.362 e. The molecule has 200 valence electrons. The summed E-state index contributed by atoms with van der Waals surface area (Å²) in [5.74, 6) is 6.49. The van der Waals surface area contributed by atoms with Gasteiger partial charge in [0.15, 0.2) is 5.11 Å². The van der Waals surface area contributed by atoms with Gasteiger partial charge in [0.05, 0.1) is 0 Å². The molecule has 0 aromatic heterocycles. The molecule has 5 heteroatoms. The number of carbonyl (C=O) groups is 1. The van der Waals surface area contributed by atoms with Crippen LogP contribution in [0.1, 0.15) is 104 Å². The number of fused-ring (bicyclic) bond motifs is 5. The fraction of sp³-hybridized carbons (Fsp3) is 0.935. The maximum Gasteiger partial charge on any atom is 0.222 e. The second-order valence-corrected chi connectivity index (χ2v) is 15.7. The third-order valence-electron chi connectivity index (χ3n) is 13.7. The van der Waals surface area contributed by atoms with Gasteiger partial charge in [-0.3, -0.25) is 4.79 Å². The monoisotopic (exact) mass is 511 g/mol. The minimum atomic E-state index is 0.307. The lowest BCUT2D eigenvalue weighted by Gasteiger charge is -2.62. The quantitative estimate of drug-likeness (QED) is 0.463. The van der Waals surface area contributed by atoms with Crippen LogP contribution < -0.4 is 10.6 Å². The first-order valence-electron chi connectivity index (χ1n) is 15.5. The summed E-state index contributed by atoms with van der Waals surface area (Å²) < 4.78 is 0. The van der Waals surface area contributed by atoms with Crippen LogP contribution in [0.15, 0.2) is 0 Å². The molecule has 7 aliphatic carbocycles. The van der Waals surface area contributed by atoms with Crippen LogP contribution in [-0.2, 0) is 4.79 Å². The first-order chi connectivity index (χ1) is 17.2. The summed E-state index contributed by atoms with van der Waals surface area (Å²) >= 11 is 5.94. The molecular weight excluding hydrogens is 462 g/mol. The minimum Gasteiger partial charge on any atom is -0.362 e. The van der Waals surface area contributed by atoms with Crippen LogP contribution >= 0.6 is 12.2 Å². The van der Waals surface area contributed by atoms with Gasteiger partial charge in [-0.1, -0.05) is 13.8 Å². The van der Waals surface area contributed by atoms with E-state index in [-0.39, 0.29) is 0 Å². The van der Waals surface area contributed by atoms with E-state index in [0.717, 1.165) is 65.9 Å². The van der Waals surface area contributed by atoms with Crippen LogP contribution in [0.5, 0.6) is 0 Å². The second-order valence-electron chi connectivity index (χ2n) is 15.3. The predicted octanol–water partition coefficient (Wildman–Crippen LogP) is 5.90. The van der Waals surface area contributed by atoms with Gasteiger partial charge in [0.25, 0.3) is 0 Å². The summed E-state index contributed by atoms with van der Waals surface area (Å²) in [6.45, 7) is 6.23. The molecule has 2 N–H and O–H groups in total. The second kappa shape index (κ2) is 8.33. The zero-order valence-electron chi connectivity index (χ0n) is 23.0. The lowest BCUT2D eigenvalue weighted by atomic mass is 9.47. The number of thiocarbonyl (C=S) groups is 1. The number of amides is 1. The van der Waals surface area contributed by atoms with E-state index < -0.39 is 0 Å². The maximum atomic E-state index is 12.5. The number of nitrogens with one attached hydrogen (secondary N) is 2. The molecule has 1 amide bonds. The van der Waals surface area contributed by atoms with Gasteiger partial charge in [-0.15, -0.1) is 0 Å². The molecule has 0 aromatic rings. The topological polar surface area (TPSA) is 44.4 Å². The van der Waals surface area contributed by atoms with Crippen LogP contribution in [-0.4, -0.2) is 41.1 Å². The van der Waals surface area contributed by atoms with Crippen molar-refractivity contribution < 1.29 is 4.79 Å². The average molecular weight is 512 g/mol. The Balaban J connectivity index is 0.998. The third-order valence-corrected chi connectivity index (χ3v) is 13.9. The van der Waals surface area contributed by atoms with E-state index in [4.69, 9.17) is 12.2 Å². The molecule has 1 saturated heterocycles. The summed E-state index contributed by atoms with van der Waals surface area (Å²) in [5.41, 5.74) is 1.08. The Morgan fingerprint density at radius 1 is 0.917 bits per heavy atom. The van der Waals surface area contributed by atoms with Gasteiger partial charge in [-0.25, -0.2) is 0 Å². The Morgan fingerprint density at radius 3 is 2.28 bits per heavy atom. The van der Waals surface area contributed by atoms with Crippen molar-refractivity contribution in [1.29, 1.82) is 0 Å². The van der Waals surface area contributed by atoms with Crippen molar-refractivity contribution in [2.45, 2.75) is 115 Å². The van der Waals surface area contributed by atoms with E-state index in [9.17, 15) is 4.79 Å². The first-order valence-corrected chi connectivity index (χ1v) is 15.9. The number of piperidine rings is 1. The molecule has 4 bridgehead atoms. The number of nitrogens with zero attached hydrogens (tertiary/aromatic N) is 1. The third kappa shape index (κ3) is 3.56. The highest BCUT2D eigenvalue weighted by atomic mass is 32.1. The van der Waals surface area contributed by atoms with Gasteiger partial charge in [-0.05, 0) is 148 Å². The van der Waals surface area contributed by atoms with Crippen LogP contribution in [0.2, 0.25) is 0 Å². The van der Waals surface area contributed by atoms with Gasteiger partial charge in [0, 0.05) is 31.6 Å². The zero-order chi connectivity index (χ0) is 24.9. The highest BCUT2D eigenvalue weighted by Crippen LogP contribution is 2.66. The maximum absolute atomic E-state index is 12.5. The molecule has 8 fully saturated rings. The fourth-order valence-corrected chi connectivity index (χ4v) is 12.7. The molecule has 1 aliphatic heterocycles. The average Bonchev–Trinajstić information content (AvgIpc) is 3.15. The highest BCUT2D eigenvalue weighted by Gasteiger charge is 2.61. The highest BCUT2D eigenvalue weighted by molar-refractivity contribution is 7.80. The van der Waals surface area contributed by atoms with Gasteiger partial charge in [-0.2, -0.15) is 0 Å². The summed E-state index contributed by atoms with van der Waals surface area (Å²) in [6, 6.07) is 0.469. The normalized spacial score (nSPS) is 53.0. The van der Waals surface area contributed by atoms with E-state index >= 15 is 0 Å². The standard InChI is InChI=1S/C31H49N3OS/c1-29-10-8-25-23(5-7-26-30(25,2)11-9-27(35)34(26)3)24(29)6-4-22(29)18-32-28(36)33-31-15-19-12-20(16-31)14-21(13-19)17-31/h19-26H,4-18H2,1-3H3,(H2,32,33,36)/t19?,20?,21?,22?,23-,24-,25+,26?,29+,30+,31?/m0/s1. The Kier molecular flexibility index (Phi) is 5.60. The summed E-state index contributed by atoms with van der Waals surface area (Å²) in [4.78, 5) is 14.6. The van der Waals surface area contributed by atoms with Gasteiger partial charge in [0.1, 0.15) is 0 Å². The van der Waals surface area contributed by atoms with Crippen LogP contribution in [0.4, 0.5) is 0 Å². The minimum absolute atomic E-state index is 0.307. The Bertz CT molecular complexity index is 899. The summed E-state index contributed by atoms with van der Waals surface area (Å²) in [6.07, 6.45) is 18.4. The zero-order valence-corrected chi connectivity index (χ0v) is 23.8. The SMILES string of the molecule is CN1C(=O)CC[C@@]2(C)C1CC[C@@H]1[C@H]2CC[C@]2(C)C(CNC(=S)NC34CC5CC(CC(C5)C3)C4)CC[C@@H]12. The van der Waals surface area contributed by atoms with Crippen molar-refractivity contribution in [3.05, 3.63) is 0 Å². The molecule has 0 spiro atoms. The van der Waals surface area contributed by atoms with E-state index in [1.165, 1.54) is 77.0 Å². The Hall–Kier alpha value is -0.840. The van der Waals surface area contributed by atoms with Crippen LogP contribution in [0.25, 0.3) is 0 Å². The molecule has 7 saturated carbocycles. The summed E-state index contributed by atoms with van der Waals surface area (Å²) in [5, 5.41) is 8.62.